The Balaban J connectivity index is 1.95. The quantitative estimate of drug-likeness (QED) is 0.532. The SMILES string of the molecule is CCN(CC)C(=O)CN(C)C(=O)c1ccc(N2CCNCC2)c(NS(=O)(=O)c2ccc(C)cc2C)c1. The van der Waals surface area contributed by atoms with Crippen molar-refractivity contribution >= 4 is 33.2 Å². The molecule has 1 fully saturated rings. The van der Waals surface area contributed by atoms with Gasteiger partial charge in [-0.05, 0) is 57.5 Å². The summed E-state index contributed by atoms with van der Waals surface area (Å²) in [5.41, 5.74) is 2.98. The van der Waals surface area contributed by atoms with Crippen molar-refractivity contribution in [1.29, 1.82) is 0 Å². The highest BCUT2D eigenvalue weighted by Gasteiger charge is 2.24. The monoisotopic (exact) mass is 515 g/mol. The molecule has 0 saturated carbocycles. The number of carbonyl (C=O) groups excluding carboxylic acids is 2. The van der Waals surface area contributed by atoms with Crippen LogP contribution in [0.3, 0.4) is 0 Å². The first-order chi connectivity index (χ1) is 17.1. The van der Waals surface area contributed by atoms with Crippen LogP contribution in [0.2, 0.25) is 0 Å². The summed E-state index contributed by atoms with van der Waals surface area (Å²) in [5, 5.41) is 3.30. The first kappa shape index (κ1) is 27.5. The lowest BCUT2D eigenvalue weighted by Gasteiger charge is -2.31. The van der Waals surface area contributed by atoms with Gasteiger partial charge in [0, 0.05) is 51.9 Å². The van der Waals surface area contributed by atoms with E-state index in [-0.39, 0.29) is 23.3 Å². The van der Waals surface area contributed by atoms with E-state index in [0.717, 1.165) is 18.7 Å². The predicted octanol–water partition coefficient (Wildman–Crippen LogP) is 2.45. The Labute approximate surface area is 214 Å². The fourth-order valence-corrected chi connectivity index (χ4v) is 5.70. The number of aryl methyl sites for hydroxylation is 2. The minimum atomic E-state index is -3.90. The second kappa shape index (κ2) is 11.7. The third-order valence-electron chi connectivity index (χ3n) is 6.40. The minimum Gasteiger partial charge on any atom is -0.367 e. The van der Waals surface area contributed by atoms with Crippen molar-refractivity contribution in [2.75, 3.05) is 62.5 Å². The van der Waals surface area contributed by atoms with Crippen molar-refractivity contribution in [2.24, 2.45) is 0 Å². The molecule has 36 heavy (non-hydrogen) atoms. The Hall–Kier alpha value is -3.11. The number of hydrogen-bond donors (Lipinski definition) is 2. The van der Waals surface area contributed by atoms with Crippen molar-refractivity contribution in [3.05, 3.63) is 53.1 Å². The lowest BCUT2D eigenvalue weighted by molar-refractivity contribution is -0.131. The van der Waals surface area contributed by atoms with Crippen molar-refractivity contribution in [1.82, 2.24) is 15.1 Å². The zero-order valence-electron chi connectivity index (χ0n) is 21.8. The van der Waals surface area contributed by atoms with Gasteiger partial charge < -0.3 is 20.0 Å². The highest BCUT2D eigenvalue weighted by molar-refractivity contribution is 7.92. The lowest BCUT2D eigenvalue weighted by Crippen LogP contribution is -2.44. The number of nitrogens with zero attached hydrogens (tertiary/aromatic N) is 3. The number of amides is 2. The van der Waals surface area contributed by atoms with E-state index in [4.69, 9.17) is 0 Å². The van der Waals surface area contributed by atoms with Gasteiger partial charge >= 0.3 is 0 Å². The normalized spacial score (nSPS) is 13.9. The summed E-state index contributed by atoms with van der Waals surface area (Å²) < 4.78 is 29.5. The van der Waals surface area contributed by atoms with Crippen molar-refractivity contribution < 1.29 is 18.0 Å². The third-order valence-corrected chi connectivity index (χ3v) is 7.93. The van der Waals surface area contributed by atoms with Crippen LogP contribution in [-0.4, -0.2) is 82.9 Å². The molecular weight excluding hydrogens is 478 g/mol. The molecule has 3 rings (SSSR count). The number of anilines is 2. The molecule has 9 nitrogen and oxygen atoms in total. The van der Waals surface area contributed by atoms with Crippen LogP contribution in [0.1, 0.15) is 35.3 Å². The summed E-state index contributed by atoms with van der Waals surface area (Å²) in [6, 6.07) is 10.2. The zero-order chi connectivity index (χ0) is 26.5. The van der Waals surface area contributed by atoms with Crippen molar-refractivity contribution in [2.45, 2.75) is 32.6 Å². The van der Waals surface area contributed by atoms with E-state index >= 15 is 0 Å². The summed E-state index contributed by atoms with van der Waals surface area (Å²) in [6.07, 6.45) is 0. The molecule has 1 aliphatic rings. The molecule has 0 aromatic heterocycles. The van der Waals surface area contributed by atoms with E-state index in [9.17, 15) is 18.0 Å². The van der Waals surface area contributed by atoms with E-state index in [1.165, 1.54) is 4.90 Å². The topological polar surface area (TPSA) is 102 Å². The average Bonchev–Trinajstić information content (AvgIpc) is 2.84. The molecule has 0 radical (unpaired) electrons. The van der Waals surface area contributed by atoms with Gasteiger partial charge in [0.2, 0.25) is 5.91 Å². The Bertz CT molecular complexity index is 1200. The van der Waals surface area contributed by atoms with E-state index in [1.54, 1.807) is 49.2 Å². The fourth-order valence-electron chi connectivity index (χ4n) is 4.40. The highest BCUT2D eigenvalue weighted by Crippen LogP contribution is 2.31. The Kier molecular flexibility index (Phi) is 8.97. The summed E-state index contributed by atoms with van der Waals surface area (Å²) in [7, 11) is -2.32. The fraction of sp³-hybridized carbons (Fsp3) is 0.462. The van der Waals surface area contributed by atoms with Crippen LogP contribution in [-0.2, 0) is 14.8 Å². The predicted molar refractivity (Wildman–Crippen MR) is 143 cm³/mol. The van der Waals surface area contributed by atoms with Crippen LogP contribution < -0.4 is 14.9 Å². The number of carbonyl (C=O) groups is 2. The zero-order valence-corrected chi connectivity index (χ0v) is 22.6. The van der Waals surface area contributed by atoms with Gasteiger partial charge in [-0.2, -0.15) is 0 Å². The molecule has 0 aliphatic carbocycles. The van der Waals surface area contributed by atoms with Gasteiger partial charge in [0.1, 0.15) is 0 Å². The molecule has 0 atom stereocenters. The molecule has 196 valence electrons. The standard InChI is InChI=1S/C26H37N5O4S/c1-6-30(7-2)25(32)18-29(5)26(33)21-9-10-23(31-14-12-27-13-15-31)22(17-21)28-36(34,35)24-11-8-19(3)16-20(24)4/h8-11,16-17,27-28H,6-7,12-15,18H2,1-5H3. The van der Waals surface area contributed by atoms with Gasteiger partial charge in [-0.1, -0.05) is 17.7 Å². The first-order valence-corrected chi connectivity index (χ1v) is 13.8. The van der Waals surface area contributed by atoms with E-state index in [2.05, 4.69) is 14.9 Å². The van der Waals surface area contributed by atoms with Crippen LogP contribution in [0.5, 0.6) is 0 Å². The van der Waals surface area contributed by atoms with E-state index in [0.29, 0.717) is 48.7 Å². The molecular formula is C26H37N5O4S. The number of benzene rings is 2. The van der Waals surface area contributed by atoms with Crippen molar-refractivity contribution in [3.63, 3.8) is 0 Å². The maximum absolute atomic E-state index is 13.4. The maximum Gasteiger partial charge on any atom is 0.262 e. The number of nitrogens with one attached hydrogen (secondary N) is 2. The van der Waals surface area contributed by atoms with Gasteiger partial charge in [-0.3, -0.25) is 14.3 Å². The van der Waals surface area contributed by atoms with Gasteiger partial charge in [-0.25, -0.2) is 8.42 Å². The molecule has 2 aromatic carbocycles. The van der Waals surface area contributed by atoms with Crippen LogP contribution in [0.4, 0.5) is 11.4 Å². The average molecular weight is 516 g/mol. The summed E-state index contributed by atoms with van der Waals surface area (Å²) in [4.78, 5) is 31.0. The molecule has 2 amide bonds. The van der Waals surface area contributed by atoms with Gasteiger partial charge in [0.15, 0.2) is 0 Å². The first-order valence-electron chi connectivity index (χ1n) is 12.3. The Morgan fingerprint density at radius 2 is 1.69 bits per heavy atom. The Morgan fingerprint density at radius 1 is 1.03 bits per heavy atom. The molecule has 1 aliphatic heterocycles. The smallest absolute Gasteiger partial charge is 0.262 e. The van der Waals surface area contributed by atoms with Crippen LogP contribution in [0, 0.1) is 13.8 Å². The number of piperazine rings is 1. The molecule has 10 heteroatoms. The maximum atomic E-state index is 13.4. The molecule has 1 saturated heterocycles. The molecule has 0 bridgehead atoms. The third kappa shape index (κ3) is 6.36. The number of rotatable bonds is 9. The summed E-state index contributed by atoms with van der Waals surface area (Å²) in [5.74, 6) is -0.488. The van der Waals surface area contributed by atoms with Crippen LogP contribution in [0.15, 0.2) is 41.3 Å². The minimum absolute atomic E-state index is 0.0519. The van der Waals surface area contributed by atoms with Crippen molar-refractivity contribution in [3.8, 4) is 0 Å². The number of sulfonamides is 1. The molecule has 0 unspecified atom stereocenters. The lowest BCUT2D eigenvalue weighted by atomic mass is 10.1. The Morgan fingerprint density at radius 3 is 2.31 bits per heavy atom. The summed E-state index contributed by atoms with van der Waals surface area (Å²) >= 11 is 0. The molecule has 2 aromatic rings. The number of hydrogen-bond acceptors (Lipinski definition) is 6. The van der Waals surface area contributed by atoms with Crippen LogP contribution in [0.25, 0.3) is 0 Å². The van der Waals surface area contributed by atoms with Gasteiger partial charge in [0.05, 0.1) is 22.8 Å². The summed E-state index contributed by atoms with van der Waals surface area (Å²) in [6.45, 7) is 11.5. The van der Waals surface area contributed by atoms with E-state index < -0.39 is 10.0 Å². The van der Waals surface area contributed by atoms with Gasteiger partial charge in [0.25, 0.3) is 15.9 Å². The van der Waals surface area contributed by atoms with E-state index in [1.807, 2.05) is 26.8 Å². The second-order valence-corrected chi connectivity index (χ2v) is 10.7. The molecule has 1 heterocycles. The van der Waals surface area contributed by atoms with Gasteiger partial charge in [-0.15, -0.1) is 0 Å². The molecule has 0 spiro atoms. The second-order valence-electron chi connectivity index (χ2n) is 9.07. The number of likely N-dealkylation sites (N-methyl/N-ethyl adjacent to an activating group) is 2. The van der Waals surface area contributed by atoms with Crippen LogP contribution >= 0.6 is 0 Å². The largest absolute Gasteiger partial charge is 0.367 e. The molecule has 2 N–H and O–H groups in total. The highest BCUT2D eigenvalue weighted by atomic mass is 32.2.